The number of carbonyl (C=O) groups excluding carboxylic acids is 1. The molecule has 0 spiro atoms. The van der Waals surface area contributed by atoms with Crippen molar-refractivity contribution >= 4 is 41.2 Å². The number of ether oxygens (including phenoxy) is 1. The molecule has 126 valence electrons. The Morgan fingerprint density at radius 1 is 1.21 bits per heavy atom. The van der Waals surface area contributed by atoms with Gasteiger partial charge in [0.2, 0.25) is 0 Å². The molecule has 1 amide bonds. The van der Waals surface area contributed by atoms with Gasteiger partial charge in [0.1, 0.15) is 5.76 Å². The van der Waals surface area contributed by atoms with Gasteiger partial charge < -0.3 is 14.1 Å². The molecule has 1 saturated heterocycles. The second-order valence-electron chi connectivity index (χ2n) is 5.10. The predicted molar refractivity (Wildman–Crippen MR) is 93.3 cm³/mol. The van der Waals surface area contributed by atoms with E-state index in [2.05, 4.69) is 15.4 Å². The van der Waals surface area contributed by atoms with Gasteiger partial charge in [-0.1, -0.05) is 23.2 Å². The number of hydrazone groups is 1. The van der Waals surface area contributed by atoms with Crippen molar-refractivity contribution in [3.63, 3.8) is 0 Å². The summed E-state index contributed by atoms with van der Waals surface area (Å²) in [7, 11) is 0. The number of nitrogens with zero attached hydrogens (tertiary/aromatic N) is 2. The number of hydrogen-bond acceptors (Lipinski definition) is 5. The minimum Gasteiger partial charge on any atom is -0.440 e. The van der Waals surface area contributed by atoms with E-state index in [0.717, 1.165) is 19.0 Å². The Morgan fingerprint density at radius 3 is 2.75 bits per heavy atom. The Morgan fingerprint density at radius 2 is 2.00 bits per heavy atom. The molecule has 0 saturated carbocycles. The van der Waals surface area contributed by atoms with Crippen LogP contribution in [0.2, 0.25) is 10.0 Å². The van der Waals surface area contributed by atoms with E-state index in [1.54, 1.807) is 18.2 Å². The summed E-state index contributed by atoms with van der Waals surface area (Å²) < 4.78 is 11.0. The van der Waals surface area contributed by atoms with Crippen molar-refractivity contribution in [3.8, 4) is 0 Å². The Bertz CT molecular complexity index is 755. The lowest BCUT2D eigenvalue weighted by Gasteiger charge is -2.26. The van der Waals surface area contributed by atoms with Gasteiger partial charge in [0, 0.05) is 24.2 Å². The summed E-state index contributed by atoms with van der Waals surface area (Å²) in [5, 5.41) is 4.62. The third kappa shape index (κ3) is 4.08. The van der Waals surface area contributed by atoms with Crippen LogP contribution in [-0.4, -0.2) is 38.4 Å². The molecule has 0 bridgehead atoms. The molecule has 1 fully saturated rings. The highest BCUT2D eigenvalue weighted by Gasteiger charge is 2.14. The molecule has 1 N–H and O–H groups in total. The number of anilines is 1. The molecule has 8 heteroatoms. The highest BCUT2D eigenvalue weighted by atomic mass is 35.5. The standard InChI is InChI=1S/C16H15Cl2N3O3/c17-11-1-3-13(14(18)9-11)16(22)20-19-10-12-2-4-15(24-12)21-5-7-23-8-6-21/h1-4,9-10H,5-8H2,(H,20,22)/b19-10+. The summed E-state index contributed by atoms with van der Waals surface area (Å²) in [5.41, 5.74) is 2.70. The number of hydrogen-bond donors (Lipinski definition) is 1. The van der Waals surface area contributed by atoms with Crippen LogP contribution < -0.4 is 10.3 Å². The molecule has 6 nitrogen and oxygen atoms in total. The van der Waals surface area contributed by atoms with Gasteiger partial charge in [-0.2, -0.15) is 5.10 Å². The third-order valence-electron chi connectivity index (χ3n) is 3.47. The summed E-state index contributed by atoms with van der Waals surface area (Å²) in [4.78, 5) is 14.1. The van der Waals surface area contributed by atoms with Gasteiger partial charge in [0.05, 0.1) is 30.0 Å². The molecule has 2 aromatic rings. The van der Waals surface area contributed by atoms with Crippen LogP contribution >= 0.6 is 23.2 Å². The molecule has 1 aromatic carbocycles. The second-order valence-corrected chi connectivity index (χ2v) is 5.94. The molecule has 0 unspecified atom stereocenters. The van der Waals surface area contributed by atoms with E-state index in [0.29, 0.717) is 29.6 Å². The Hall–Kier alpha value is -2.02. The van der Waals surface area contributed by atoms with Crippen molar-refractivity contribution < 1.29 is 13.9 Å². The number of nitrogens with one attached hydrogen (secondary N) is 1. The third-order valence-corrected chi connectivity index (χ3v) is 4.02. The zero-order valence-corrected chi connectivity index (χ0v) is 14.2. The Kier molecular flexibility index (Phi) is 5.40. The van der Waals surface area contributed by atoms with Crippen LogP contribution in [0.3, 0.4) is 0 Å². The lowest BCUT2D eigenvalue weighted by molar-refractivity contribution is 0.0955. The van der Waals surface area contributed by atoms with Crippen LogP contribution in [0.5, 0.6) is 0 Å². The van der Waals surface area contributed by atoms with Crippen molar-refractivity contribution in [3.05, 3.63) is 51.7 Å². The zero-order chi connectivity index (χ0) is 16.9. The largest absolute Gasteiger partial charge is 0.440 e. The molecule has 1 aliphatic heterocycles. The first-order chi connectivity index (χ1) is 11.6. The maximum atomic E-state index is 12.0. The fourth-order valence-electron chi connectivity index (χ4n) is 2.25. The smallest absolute Gasteiger partial charge is 0.272 e. The highest BCUT2D eigenvalue weighted by molar-refractivity contribution is 6.36. The number of benzene rings is 1. The van der Waals surface area contributed by atoms with Crippen LogP contribution in [0.25, 0.3) is 0 Å². The monoisotopic (exact) mass is 367 g/mol. The first-order valence-corrected chi connectivity index (χ1v) is 8.10. The van der Waals surface area contributed by atoms with Crippen molar-refractivity contribution in [2.75, 3.05) is 31.2 Å². The first kappa shape index (κ1) is 16.8. The predicted octanol–water partition coefficient (Wildman–Crippen LogP) is 3.19. The number of amides is 1. The van der Waals surface area contributed by atoms with Crippen LogP contribution in [0.1, 0.15) is 16.1 Å². The van der Waals surface area contributed by atoms with Gasteiger partial charge in [0.25, 0.3) is 5.91 Å². The average molecular weight is 368 g/mol. The number of morpholine rings is 1. The topological polar surface area (TPSA) is 67.1 Å². The van der Waals surface area contributed by atoms with E-state index in [1.165, 1.54) is 12.3 Å². The molecular formula is C16H15Cl2N3O3. The molecule has 3 rings (SSSR count). The minimum absolute atomic E-state index is 0.266. The second kappa shape index (κ2) is 7.70. The fourth-order valence-corrected chi connectivity index (χ4v) is 2.75. The van der Waals surface area contributed by atoms with Gasteiger partial charge in [-0.15, -0.1) is 0 Å². The Balaban J connectivity index is 1.60. The molecule has 1 aromatic heterocycles. The summed E-state index contributed by atoms with van der Waals surface area (Å²) >= 11 is 11.8. The normalized spacial score (nSPS) is 15.0. The van der Waals surface area contributed by atoms with Gasteiger partial charge in [0.15, 0.2) is 5.88 Å². The fraction of sp³-hybridized carbons (Fsp3) is 0.250. The van der Waals surface area contributed by atoms with Crippen LogP contribution in [0.4, 0.5) is 5.88 Å². The molecule has 0 atom stereocenters. The number of halogens is 2. The zero-order valence-electron chi connectivity index (χ0n) is 12.7. The number of carbonyl (C=O) groups is 1. The molecule has 24 heavy (non-hydrogen) atoms. The van der Waals surface area contributed by atoms with E-state index < -0.39 is 5.91 Å². The van der Waals surface area contributed by atoms with Crippen LogP contribution in [0.15, 0.2) is 39.9 Å². The summed E-state index contributed by atoms with van der Waals surface area (Å²) in [5.74, 6) is 0.874. The molecule has 0 radical (unpaired) electrons. The quantitative estimate of drug-likeness (QED) is 0.665. The van der Waals surface area contributed by atoms with E-state index in [1.807, 2.05) is 6.07 Å². The number of rotatable bonds is 4. The van der Waals surface area contributed by atoms with Crippen molar-refractivity contribution in [1.82, 2.24) is 5.43 Å². The first-order valence-electron chi connectivity index (χ1n) is 7.34. The van der Waals surface area contributed by atoms with E-state index >= 15 is 0 Å². The van der Waals surface area contributed by atoms with Gasteiger partial charge in [-0.3, -0.25) is 4.79 Å². The minimum atomic E-state index is -0.423. The van der Waals surface area contributed by atoms with Gasteiger partial charge in [-0.25, -0.2) is 5.43 Å². The number of furan rings is 1. The highest BCUT2D eigenvalue weighted by Crippen LogP contribution is 2.21. The molecule has 1 aliphatic rings. The van der Waals surface area contributed by atoms with Crippen molar-refractivity contribution in [2.24, 2.45) is 5.10 Å². The molecule has 2 heterocycles. The lowest BCUT2D eigenvalue weighted by Crippen LogP contribution is -2.35. The molecule has 0 aliphatic carbocycles. The van der Waals surface area contributed by atoms with Crippen LogP contribution in [0, 0.1) is 0 Å². The summed E-state index contributed by atoms with van der Waals surface area (Å²) in [6.45, 7) is 2.94. The van der Waals surface area contributed by atoms with Crippen molar-refractivity contribution in [1.29, 1.82) is 0 Å². The summed E-state index contributed by atoms with van der Waals surface area (Å²) in [6, 6.07) is 8.29. The van der Waals surface area contributed by atoms with E-state index in [-0.39, 0.29) is 5.02 Å². The van der Waals surface area contributed by atoms with E-state index in [9.17, 15) is 4.79 Å². The maximum absolute atomic E-state index is 12.0. The van der Waals surface area contributed by atoms with E-state index in [4.69, 9.17) is 32.4 Å². The summed E-state index contributed by atoms with van der Waals surface area (Å²) in [6.07, 6.45) is 1.44. The van der Waals surface area contributed by atoms with Crippen molar-refractivity contribution in [2.45, 2.75) is 0 Å². The van der Waals surface area contributed by atoms with Crippen LogP contribution in [-0.2, 0) is 4.74 Å². The lowest BCUT2D eigenvalue weighted by atomic mass is 10.2. The average Bonchev–Trinajstić information content (AvgIpc) is 3.04. The Labute approximate surface area is 149 Å². The SMILES string of the molecule is O=C(N/N=C/c1ccc(N2CCOCC2)o1)c1ccc(Cl)cc1Cl. The maximum Gasteiger partial charge on any atom is 0.272 e. The molecular weight excluding hydrogens is 353 g/mol. The van der Waals surface area contributed by atoms with Gasteiger partial charge in [-0.05, 0) is 24.3 Å². The van der Waals surface area contributed by atoms with Gasteiger partial charge >= 0.3 is 0 Å².